The van der Waals surface area contributed by atoms with Crippen LogP contribution in [0.2, 0.25) is 0 Å². The first kappa shape index (κ1) is 22.7. The Morgan fingerprint density at radius 3 is 2.24 bits per heavy atom. The van der Waals surface area contributed by atoms with Crippen LogP contribution in [0, 0.1) is 18.3 Å². The number of ketones is 1. The van der Waals surface area contributed by atoms with Crippen LogP contribution in [0.25, 0.3) is 0 Å². The monoisotopic (exact) mass is 520 g/mol. The van der Waals surface area contributed by atoms with E-state index in [2.05, 4.69) is 31.9 Å². The first-order valence-electron chi connectivity index (χ1n) is 8.47. The number of carbonyl (C=O) groups excluding carboxylic acids is 2. The van der Waals surface area contributed by atoms with Gasteiger partial charge in [-0.2, -0.15) is 5.26 Å². The maximum absolute atomic E-state index is 12.1. The summed E-state index contributed by atoms with van der Waals surface area (Å²) in [7, 11) is 0. The van der Waals surface area contributed by atoms with Crippen molar-refractivity contribution in [1.82, 2.24) is 0 Å². The average Bonchev–Trinajstić information content (AvgIpc) is 2.66. The van der Waals surface area contributed by atoms with Crippen LogP contribution in [0.3, 0.4) is 0 Å². The number of esters is 1. The number of nitrogens with two attached hydrogens (primary N) is 1. The van der Waals surface area contributed by atoms with Gasteiger partial charge in [0.25, 0.3) is 0 Å². The Kier molecular flexibility index (Phi) is 8.00. The van der Waals surface area contributed by atoms with Crippen LogP contribution in [0.4, 0.5) is 0 Å². The fourth-order valence-electron chi connectivity index (χ4n) is 2.37. The van der Waals surface area contributed by atoms with Gasteiger partial charge in [-0.15, -0.1) is 0 Å². The normalized spacial score (nSPS) is 11.3. The summed E-state index contributed by atoms with van der Waals surface area (Å²) in [6.45, 7) is 3.18. The molecule has 150 valence electrons. The predicted molar refractivity (Wildman–Crippen MR) is 115 cm³/mol. The average molecular weight is 522 g/mol. The molecule has 0 radical (unpaired) electrons. The maximum Gasteiger partial charge on any atom is 0.338 e. The highest BCUT2D eigenvalue weighted by atomic mass is 79.9. The third-order valence-corrected chi connectivity index (χ3v) is 5.01. The van der Waals surface area contributed by atoms with Crippen molar-refractivity contribution in [2.75, 3.05) is 6.61 Å². The lowest BCUT2D eigenvalue weighted by atomic mass is 10.1. The number of allylic oxidation sites excluding steroid dienone is 1. The first-order valence-corrected chi connectivity index (χ1v) is 10.1. The molecule has 2 N–H and O–H groups in total. The van der Waals surface area contributed by atoms with Gasteiger partial charge in [-0.1, -0.05) is 12.1 Å². The first-order chi connectivity index (χ1) is 13.7. The lowest BCUT2D eigenvalue weighted by molar-refractivity contribution is -0.118. The number of Topliss-reactive ketones (excluding diaryl/α,β-unsaturated/α-hetero) is 1. The molecule has 0 fully saturated rings. The second-order valence-electron chi connectivity index (χ2n) is 6.21. The van der Waals surface area contributed by atoms with E-state index >= 15 is 0 Å². The van der Waals surface area contributed by atoms with Crippen molar-refractivity contribution in [3.63, 3.8) is 0 Å². The molecule has 0 heterocycles. The van der Waals surface area contributed by atoms with Crippen LogP contribution in [0.15, 0.2) is 56.6 Å². The molecule has 0 saturated carbocycles. The molecule has 0 aromatic heterocycles. The summed E-state index contributed by atoms with van der Waals surface area (Å²) in [6, 6.07) is 12.3. The Morgan fingerprint density at radius 2 is 1.72 bits per heavy atom. The zero-order valence-corrected chi connectivity index (χ0v) is 19.0. The summed E-state index contributed by atoms with van der Waals surface area (Å²) in [5.74, 6) is -0.615. The Labute approximate surface area is 185 Å². The van der Waals surface area contributed by atoms with Gasteiger partial charge in [0.15, 0.2) is 6.61 Å². The van der Waals surface area contributed by atoms with Crippen molar-refractivity contribution in [2.45, 2.75) is 20.5 Å². The summed E-state index contributed by atoms with van der Waals surface area (Å²) < 4.78 is 12.5. The predicted octanol–water partition coefficient (Wildman–Crippen LogP) is 4.58. The van der Waals surface area contributed by atoms with Gasteiger partial charge in [-0.05, 0) is 81.1 Å². The minimum Gasteiger partial charge on any atom is -0.487 e. The van der Waals surface area contributed by atoms with Gasteiger partial charge in [-0.25, -0.2) is 4.79 Å². The summed E-state index contributed by atoms with van der Waals surface area (Å²) in [6.07, 6.45) is 0. The van der Waals surface area contributed by atoms with E-state index in [1.807, 2.05) is 19.1 Å². The Bertz CT molecular complexity index is 981. The molecule has 2 aromatic rings. The number of benzene rings is 2. The van der Waals surface area contributed by atoms with E-state index in [-0.39, 0.29) is 16.8 Å². The highest BCUT2D eigenvalue weighted by molar-refractivity contribution is 9.11. The van der Waals surface area contributed by atoms with Crippen LogP contribution >= 0.6 is 31.9 Å². The minimum absolute atomic E-state index is 0.0877. The van der Waals surface area contributed by atoms with Crippen molar-refractivity contribution < 1.29 is 19.1 Å². The third-order valence-electron chi connectivity index (χ3n) is 3.83. The molecule has 2 aromatic carbocycles. The van der Waals surface area contributed by atoms with E-state index in [9.17, 15) is 9.59 Å². The van der Waals surface area contributed by atoms with Gasteiger partial charge in [-0.3, -0.25) is 4.79 Å². The largest absolute Gasteiger partial charge is 0.487 e. The standard InChI is InChI=1S/C21H18Br2N2O4/c1-12-7-17(22)20(18(23)8-12)28-10-14-3-5-15(6-4-14)21(27)29-11-19(26)16(9-24)13(2)25/h3-8H,10-11,25H2,1-2H3. The van der Waals surface area contributed by atoms with Crippen LogP contribution in [0.1, 0.15) is 28.4 Å². The number of nitrogens with zero attached hydrogens (tertiary/aromatic N) is 1. The summed E-state index contributed by atoms with van der Waals surface area (Å²) in [5, 5.41) is 8.89. The van der Waals surface area contributed by atoms with Gasteiger partial charge in [0.1, 0.15) is 24.0 Å². The third kappa shape index (κ3) is 6.17. The zero-order valence-electron chi connectivity index (χ0n) is 15.8. The van der Waals surface area contributed by atoms with E-state index in [0.717, 1.165) is 20.1 Å². The van der Waals surface area contributed by atoms with E-state index in [0.29, 0.717) is 12.4 Å². The molecule has 6 nitrogen and oxygen atoms in total. The molecule has 0 saturated heterocycles. The molecule has 0 amide bonds. The lowest BCUT2D eigenvalue weighted by Gasteiger charge is -2.11. The highest BCUT2D eigenvalue weighted by Crippen LogP contribution is 2.35. The molecular formula is C21H18Br2N2O4. The minimum atomic E-state index is -0.665. The number of hydrogen-bond acceptors (Lipinski definition) is 6. The Morgan fingerprint density at radius 1 is 1.14 bits per heavy atom. The zero-order chi connectivity index (χ0) is 21.6. The number of hydrogen-bond donors (Lipinski definition) is 1. The van der Waals surface area contributed by atoms with Crippen molar-refractivity contribution in [1.29, 1.82) is 5.26 Å². The molecule has 0 aliphatic heterocycles. The van der Waals surface area contributed by atoms with Gasteiger partial charge < -0.3 is 15.2 Å². The number of halogens is 2. The molecule has 0 unspecified atom stereocenters. The molecule has 29 heavy (non-hydrogen) atoms. The van der Waals surface area contributed by atoms with Crippen molar-refractivity contribution in [3.05, 3.63) is 73.3 Å². The SMILES string of the molecule is CC(N)=C(C#N)C(=O)COC(=O)c1ccc(COc2c(Br)cc(C)cc2Br)cc1. The molecule has 0 aliphatic rings. The number of aryl methyl sites for hydroxylation is 1. The van der Waals surface area contributed by atoms with E-state index in [1.165, 1.54) is 6.92 Å². The summed E-state index contributed by atoms with van der Waals surface area (Å²) in [5.41, 5.74) is 7.56. The second-order valence-corrected chi connectivity index (χ2v) is 7.92. The van der Waals surface area contributed by atoms with Gasteiger partial charge >= 0.3 is 5.97 Å². The van der Waals surface area contributed by atoms with Crippen LogP contribution in [0.5, 0.6) is 5.75 Å². The number of carbonyl (C=O) groups is 2. The number of nitriles is 1. The molecule has 0 aliphatic carbocycles. The summed E-state index contributed by atoms with van der Waals surface area (Å²) in [4.78, 5) is 23.9. The molecule has 2 rings (SSSR count). The van der Waals surface area contributed by atoms with Gasteiger partial charge in [0.2, 0.25) is 5.78 Å². The topological polar surface area (TPSA) is 102 Å². The second kappa shape index (κ2) is 10.2. The quantitative estimate of drug-likeness (QED) is 0.325. The lowest BCUT2D eigenvalue weighted by Crippen LogP contribution is -2.17. The molecule has 0 atom stereocenters. The fourth-order valence-corrected chi connectivity index (χ4v) is 4.02. The Hall–Kier alpha value is -2.63. The van der Waals surface area contributed by atoms with Crippen LogP contribution in [-0.4, -0.2) is 18.4 Å². The van der Waals surface area contributed by atoms with Gasteiger partial charge in [0, 0.05) is 5.70 Å². The molecule has 8 heteroatoms. The van der Waals surface area contributed by atoms with E-state index in [1.54, 1.807) is 30.3 Å². The maximum atomic E-state index is 12.1. The molecular weight excluding hydrogens is 504 g/mol. The van der Waals surface area contributed by atoms with Crippen LogP contribution in [-0.2, 0) is 16.1 Å². The number of rotatable bonds is 7. The van der Waals surface area contributed by atoms with E-state index < -0.39 is 18.4 Å². The molecule has 0 bridgehead atoms. The smallest absolute Gasteiger partial charge is 0.338 e. The van der Waals surface area contributed by atoms with Crippen LogP contribution < -0.4 is 10.5 Å². The number of ether oxygens (including phenoxy) is 2. The fraction of sp³-hybridized carbons (Fsp3) is 0.190. The Balaban J connectivity index is 1.96. The summed E-state index contributed by atoms with van der Waals surface area (Å²) >= 11 is 6.96. The molecule has 0 spiro atoms. The van der Waals surface area contributed by atoms with Crippen molar-refractivity contribution in [3.8, 4) is 11.8 Å². The van der Waals surface area contributed by atoms with Crippen molar-refractivity contribution in [2.24, 2.45) is 5.73 Å². The highest BCUT2D eigenvalue weighted by Gasteiger charge is 2.15. The van der Waals surface area contributed by atoms with Crippen molar-refractivity contribution >= 4 is 43.6 Å². The van der Waals surface area contributed by atoms with E-state index in [4.69, 9.17) is 20.5 Å². The van der Waals surface area contributed by atoms with Gasteiger partial charge in [0.05, 0.1) is 14.5 Å².